The van der Waals surface area contributed by atoms with Gasteiger partial charge >= 0.3 is 12.3 Å². The van der Waals surface area contributed by atoms with E-state index in [0.29, 0.717) is 56.7 Å². The number of ether oxygens (including phenoxy) is 1. The summed E-state index contributed by atoms with van der Waals surface area (Å²) in [5.74, 6) is 0.654. The summed E-state index contributed by atoms with van der Waals surface area (Å²) < 4.78 is 42.6. The number of nitrogens with zero attached hydrogens (tertiary/aromatic N) is 4. The maximum Gasteiger partial charge on any atom is 0.434 e. The predicted molar refractivity (Wildman–Crippen MR) is 108 cm³/mol. The molecule has 0 spiro atoms. The Morgan fingerprint density at radius 2 is 1.96 bits per heavy atom. The Labute approximate surface area is 177 Å². The van der Waals surface area contributed by atoms with E-state index < -0.39 is 11.9 Å². The van der Waals surface area contributed by atoms with E-state index in [1.54, 1.807) is 18.9 Å². The van der Waals surface area contributed by atoms with Gasteiger partial charge in [-0.25, -0.2) is 9.78 Å². The molecule has 7 nitrogen and oxygen atoms in total. The van der Waals surface area contributed by atoms with Crippen molar-refractivity contribution in [3.05, 3.63) is 16.1 Å². The Balaban J connectivity index is 0.00000364. The number of thiazole rings is 1. The van der Waals surface area contributed by atoms with Crippen molar-refractivity contribution < 1.29 is 22.7 Å². The summed E-state index contributed by atoms with van der Waals surface area (Å²) in [6, 6.07) is 0. The average Bonchev–Trinajstić information content (AvgIpc) is 3.08. The van der Waals surface area contributed by atoms with Crippen LogP contribution in [0, 0.1) is 0 Å². The van der Waals surface area contributed by atoms with Crippen LogP contribution in [-0.2, 0) is 17.3 Å². The van der Waals surface area contributed by atoms with Crippen molar-refractivity contribution in [2.24, 2.45) is 4.99 Å². The third kappa shape index (κ3) is 6.97. The zero-order valence-corrected chi connectivity index (χ0v) is 18.2. The first-order valence-corrected chi connectivity index (χ1v) is 9.12. The first-order chi connectivity index (χ1) is 12.3. The second-order valence-corrected chi connectivity index (χ2v) is 6.46. The van der Waals surface area contributed by atoms with Crippen molar-refractivity contribution in [2.75, 3.05) is 46.4 Å². The number of carbonyl (C=O) groups is 1. The van der Waals surface area contributed by atoms with Gasteiger partial charge in [0.1, 0.15) is 0 Å². The van der Waals surface area contributed by atoms with E-state index in [4.69, 9.17) is 4.74 Å². The largest absolute Gasteiger partial charge is 0.450 e. The Hall–Kier alpha value is -1.31. The molecule has 0 atom stereocenters. The summed E-state index contributed by atoms with van der Waals surface area (Å²) >= 11 is 0.997. The molecule has 0 radical (unpaired) electrons. The molecule has 1 fully saturated rings. The fourth-order valence-electron chi connectivity index (χ4n) is 2.49. The summed E-state index contributed by atoms with van der Waals surface area (Å²) in [4.78, 5) is 23.1. The van der Waals surface area contributed by atoms with Gasteiger partial charge in [-0.2, -0.15) is 13.2 Å². The van der Waals surface area contributed by atoms with Crippen LogP contribution >= 0.6 is 35.3 Å². The number of hydrogen-bond acceptors (Lipinski definition) is 5. The monoisotopic (exact) mass is 521 g/mol. The summed E-state index contributed by atoms with van der Waals surface area (Å²) in [5, 5.41) is 4.58. The van der Waals surface area contributed by atoms with Crippen LogP contribution in [-0.4, -0.2) is 73.2 Å². The van der Waals surface area contributed by atoms with Crippen molar-refractivity contribution >= 4 is 47.4 Å². The van der Waals surface area contributed by atoms with Crippen LogP contribution in [0.3, 0.4) is 0 Å². The van der Waals surface area contributed by atoms with Crippen LogP contribution in [0.2, 0.25) is 0 Å². The second-order valence-electron chi connectivity index (χ2n) is 5.52. The van der Waals surface area contributed by atoms with Crippen molar-refractivity contribution in [3.63, 3.8) is 0 Å². The fraction of sp³-hybridized carbons (Fsp3) is 0.667. The molecule has 0 aliphatic carbocycles. The lowest BCUT2D eigenvalue weighted by atomic mass is 10.3. The van der Waals surface area contributed by atoms with E-state index in [9.17, 15) is 18.0 Å². The summed E-state index contributed by atoms with van der Waals surface area (Å²) in [6.07, 6.45) is -4.35. The van der Waals surface area contributed by atoms with Crippen LogP contribution in [0.25, 0.3) is 0 Å². The quantitative estimate of drug-likeness (QED) is 0.375. The molecule has 0 unspecified atom stereocenters. The lowest BCUT2D eigenvalue weighted by Crippen LogP contribution is -2.54. The smallest absolute Gasteiger partial charge is 0.434 e. The van der Waals surface area contributed by atoms with Crippen LogP contribution in [0.4, 0.5) is 18.0 Å². The number of piperazine rings is 1. The molecule has 0 aromatic carbocycles. The van der Waals surface area contributed by atoms with Crippen LogP contribution < -0.4 is 5.32 Å². The normalized spacial score (nSPS) is 15.4. The minimum Gasteiger partial charge on any atom is -0.450 e. The zero-order chi connectivity index (χ0) is 19.2. The highest BCUT2D eigenvalue weighted by molar-refractivity contribution is 14.0. The number of alkyl halides is 3. The maximum atomic E-state index is 12.6. The number of amides is 1. The molecule has 0 saturated carbocycles. The van der Waals surface area contributed by atoms with E-state index in [1.807, 2.05) is 4.90 Å². The number of aliphatic imine (C=N–C) groups is 1. The third-order valence-electron chi connectivity index (χ3n) is 3.78. The van der Waals surface area contributed by atoms with Gasteiger partial charge in [0.25, 0.3) is 0 Å². The first kappa shape index (κ1) is 23.7. The highest BCUT2D eigenvalue weighted by Crippen LogP contribution is 2.29. The molecule has 1 aliphatic heterocycles. The number of rotatable bonds is 4. The molecular weight excluding hydrogens is 498 g/mol. The van der Waals surface area contributed by atoms with Crippen LogP contribution in [0.15, 0.2) is 10.4 Å². The van der Waals surface area contributed by atoms with E-state index in [0.717, 1.165) is 16.7 Å². The zero-order valence-electron chi connectivity index (χ0n) is 15.1. The van der Waals surface area contributed by atoms with Crippen molar-refractivity contribution in [2.45, 2.75) is 19.5 Å². The number of hydrogen-bond donors (Lipinski definition) is 1. The van der Waals surface area contributed by atoms with Crippen molar-refractivity contribution in [1.29, 1.82) is 0 Å². The van der Waals surface area contributed by atoms with Gasteiger partial charge in [-0.05, 0) is 6.92 Å². The molecule has 12 heteroatoms. The molecule has 1 saturated heterocycles. The Bertz CT molecular complexity index is 633. The fourth-order valence-corrected chi connectivity index (χ4v) is 3.29. The summed E-state index contributed by atoms with van der Waals surface area (Å²) in [5.41, 5.74) is -0.850. The van der Waals surface area contributed by atoms with Gasteiger partial charge in [-0.15, -0.1) is 35.3 Å². The van der Waals surface area contributed by atoms with Crippen LogP contribution in [0.5, 0.6) is 0 Å². The van der Waals surface area contributed by atoms with E-state index in [-0.39, 0.29) is 30.1 Å². The minimum atomic E-state index is -4.41. The van der Waals surface area contributed by atoms with E-state index >= 15 is 0 Å². The highest BCUT2D eigenvalue weighted by Gasteiger charge is 2.33. The Morgan fingerprint density at radius 3 is 2.48 bits per heavy atom. The topological polar surface area (TPSA) is 70.1 Å². The number of guanidine groups is 1. The number of aromatic nitrogens is 1. The standard InChI is InChI=1S/C15H22F3N5O2S.HI/c1-3-25-14(24)23-8-6-22(7-9-23)13(19-2)20-5-4-12-21-11(10-26-12)15(16,17)18;/h10H,3-9H2,1-2H3,(H,19,20);1H. The molecule has 27 heavy (non-hydrogen) atoms. The Kier molecular flexibility index (Phi) is 9.56. The first-order valence-electron chi connectivity index (χ1n) is 8.24. The number of halogens is 4. The molecule has 0 bridgehead atoms. The van der Waals surface area contributed by atoms with Gasteiger partial charge in [-0.1, -0.05) is 0 Å². The Morgan fingerprint density at radius 1 is 1.33 bits per heavy atom. The van der Waals surface area contributed by atoms with Crippen LogP contribution in [0.1, 0.15) is 17.6 Å². The summed E-state index contributed by atoms with van der Waals surface area (Å²) in [6.45, 7) is 4.80. The predicted octanol–water partition coefficient (Wildman–Crippen LogP) is 2.67. The molecule has 1 aromatic rings. The molecule has 1 amide bonds. The van der Waals surface area contributed by atoms with Gasteiger partial charge in [0, 0.05) is 51.6 Å². The summed E-state index contributed by atoms with van der Waals surface area (Å²) in [7, 11) is 1.64. The lowest BCUT2D eigenvalue weighted by molar-refractivity contribution is -0.140. The maximum absolute atomic E-state index is 12.6. The number of carbonyl (C=O) groups excluding carboxylic acids is 1. The second kappa shape index (κ2) is 10.9. The molecule has 1 N–H and O–H groups in total. The highest BCUT2D eigenvalue weighted by atomic mass is 127. The van der Waals surface area contributed by atoms with E-state index in [1.165, 1.54) is 0 Å². The van der Waals surface area contributed by atoms with Gasteiger partial charge in [0.15, 0.2) is 11.7 Å². The molecule has 2 heterocycles. The average molecular weight is 521 g/mol. The minimum absolute atomic E-state index is 0. The van der Waals surface area contributed by atoms with Crippen molar-refractivity contribution in [3.8, 4) is 0 Å². The lowest BCUT2D eigenvalue weighted by Gasteiger charge is -2.35. The third-order valence-corrected chi connectivity index (χ3v) is 4.69. The molecule has 154 valence electrons. The number of nitrogens with one attached hydrogen (secondary N) is 1. The molecule has 1 aliphatic rings. The molecule has 2 rings (SSSR count). The van der Waals surface area contributed by atoms with Gasteiger partial charge < -0.3 is 19.9 Å². The van der Waals surface area contributed by atoms with Gasteiger partial charge in [0.2, 0.25) is 0 Å². The van der Waals surface area contributed by atoms with Gasteiger partial charge in [-0.3, -0.25) is 4.99 Å². The SMILES string of the molecule is CCOC(=O)N1CCN(C(=NC)NCCc2nc(C(F)(F)F)cs2)CC1.I. The molecule has 1 aromatic heterocycles. The molecular formula is C15H23F3IN5O2S. The van der Waals surface area contributed by atoms with Crippen molar-refractivity contribution in [1.82, 2.24) is 20.1 Å². The van der Waals surface area contributed by atoms with Gasteiger partial charge in [0.05, 0.1) is 11.6 Å². The van der Waals surface area contributed by atoms with E-state index in [2.05, 4.69) is 15.3 Å².